The van der Waals surface area contributed by atoms with Crippen molar-refractivity contribution in [2.75, 3.05) is 18.6 Å². The average molecular weight is 470 g/mol. The van der Waals surface area contributed by atoms with E-state index in [0.717, 1.165) is 36.1 Å². The van der Waals surface area contributed by atoms with E-state index in [4.69, 9.17) is 9.47 Å². The Morgan fingerprint density at radius 1 is 1.06 bits per heavy atom. The number of nitrogens with zero attached hydrogens (tertiary/aromatic N) is 1. The van der Waals surface area contributed by atoms with Crippen molar-refractivity contribution in [1.29, 1.82) is 0 Å². The molecule has 2 aliphatic rings. The molecule has 5 rings (SSSR count). The van der Waals surface area contributed by atoms with Crippen molar-refractivity contribution in [3.63, 3.8) is 0 Å². The van der Waals surface area contributed by atoms with Gasteiger partial charge in [-0.05, 0) is 78.4 Å². The second-order valence-corrected chi connectivity index (χ2v) is 8.74. The molecule has 0 radical (unpaired) electrons. The van der Waals surface area contributed by atoms with Crippen LogP contribution in [0.1, 0.15) is 41.6 Å². The number of ether oxygens (including phenoxy) is 2. The maximum Gasteiger partial charge on any atom is 0.300 e. The molecule has 1 fully saturated rings. The molecule has 1 unspecified atom stereocenters. The largest absolute Gasteiger partial charge is 0.507 e. The normalized spacial score (nSPS) is 18.8. The highest BCUT2D eigenvalue weighted by Gasteiger charge is 2.47. The molecule has 1 amide bonds. The summed E-state index contributed by atoms with van der Waals surface area (Å²) in [6, 6.07) is 19.4. The van der Waals surface area contributed by atoms with Crippen molar-refractivity contribution < 1.29 is 24.2 Å². The smallest absolute Gasteiger partial charge is 0.300 e. The van der Waals surface area contributed by atoms with Gasteiger partial charge in [-0.1, -0.05) is 31.2 Å². The Kier molecular flexibility index (Phi) is 6.03. The van der Waals surface area contributed by atoms with Crippen LogP contribution in [-0.2, 0) is 22.4 Å². The number of fused-ring (bicyclic) bond motifs is 1. The summed E-state index contributed by atoms with van der Waals surface area (Å²) in [6.45, 7) is 2.72. The topological polar surface area (TPSA) is 76.1 Å². The van der Waals surface area contributed by atoms with Gasteiger partial charge in [-0.2, -0.15) is 0 Å². The van der Waals surface area contributed by atoms with E-state index in [9.17, 15) is 14.7 Å². The maximum absolute atomic E-state index is 13.4. The summed E-state index contributed by atoms with van der Waals surface area (Å²) in [5.74, 6) is -0.122. The molecule has 0 bridgehead atoms. The lowest BCUT2D eigenvalue weighted by Gasteiger charge is -2.26. The Bertz CT molecular complexity index is 1310. The number of amides is 1. The van der Waals surface area contributed by atoms with Crippen molar-refractivity contribution in [3.05, 3.63) is 94.6 Å². The number of rotatable bonds is 5. The molecule has 6 heteroatoms. The van der Waals surface area contributed by atoms with E-state index in [-0.39, 0.29) is 11.3 Å². The molecule has 178 valence electrons. The molecule has 0 spiro atoms. The van der Waals surface area contributed by atoms with Gasteiger partial charge in [-0.15, -0.1) is 0 Å². The van der Waals surface area contributed by atoms with Crippen LogP contribution in [0.5, 0.6) is 11.5 Å². The lowest BCUT2D eigenvalue weighted by Crippen LogP contribution is -2.29. The van der Waals surface area contributed by atoms with Crippen LogP contribution in [0.2, 0.25) is 0 Å². The van der Waals surface area contributed by atoms with Crippen LogP contribution in [0.25, 0.3) is 5.76 Å². The number of aryl methyl sites for hydroxylation is 2. The van der Waals surface area contributed by atoms with Crippen molar-refractivity contribution in [1.82, 2.24) is 0 Å². The fourth-order valence-corrected chi connectivity index (χ4v) is 4.76. The van der Waals surface area contributed by atoms with Crippen LogP contribution in [0.4, 0.5) is 5.69 Å². The van der Waals surface area contributed by atoms with Crippen LogP contribution in [-0.4, -0.2) is 30.5 Å². The number of hydrogen-bond donors (Lipinski definition) is 1. The molecule has 3 aromatic carbocycles. The lowest BCUT2D eigenvalue weighted by molar-refractivity contribution is -0.132. The van der Waals surface area contributed by atoms with Gasteiger partial charge in [0.1, 0.15) is 17.3 Å². The molecule has 0 aromatic heterocycles. The number of benzene rings is 3. The summed E-state index contributed by atoms with van der Waals surface area (Å²) in [5, 5.41) is 11.4. The third-order valence-electron chi connectivity index (χ3n) is 6.68. The molecule has 2 heterocycles. The van der Waals surface area contributed by atoms with E-state index < -0.39 is 17.7 Å². The molecule has 1 saturated heterocycles. The van der Waals surface area contributed by atoms with Gasteiger partial charge in [-0.25, -0.2) is 0 Å². The van der Waals surface area contributed by atoms with Crippen molar-refractivity contribution in [3.8, 4) is 11.5 Å². The second kappa shape index (κ2) is 9.29. The quantitative estimate of drug-likeness (QED) is 0.315. The van der Waals surface area contributed by atoms with Crippen molar-refractivity contribution in [2.24, 2.45) is 0 Å². The molecule has 6 nitrogen and oxygen atoms in total. The Hall–Kier alpha value is -4.06. The van der Waals surface area contributed by atoms with E-state index in [0.29, 0.717) is 29.2 Å². The minimum Gasteiger partial charge on any atom is -0.507 e. The molecule has 1 atom stereocenters. The number of aliphatic hydroxyl groups excluding tert-OH is 1. The van der Waals surface area contributed by atoms with Crippen molar-refractivity contribution in [2.45, 2.75) is 32.2 Å². The van der Waals surface area contributed by atoms with E-state index >= 15 is 0 Å². The Labute approximate surface area is 204 Å². The fraction of sp³-hybridized carbons (Fsp3) is 0.241. The zero-order chi connectivity index (χ0) is 24.5. The molecular weight excluding hydrogens is 442 g/mol. The number of carbonyl (C=O) groups excluding carboxylic acids is 2. The highest BCUT2D eigenvalue weighted by molar-refractivity contribution is 6.51. The van der Waals surface area contributed by atoms with Crippen LogP contribution in [0.15, 0.2) is 72.3 Å². The molecule has 35 heavy (non-hydrogen) atoms. The van der Waals surface area contributed by atoms with Gasteiger partial charge in [0.15, 0.2) is 0 Å². The number of ketones is 1. The minimum absolute atomic E-state index is 0.0661. The molecule has 3 aromatic rings. The predicted molar refractivity (Wildman–Crippen MR) is 134 cm³/mol. The van der Waals surface area contributed by atoms with Gasteiger partial charge in [0.2, 0.25) is 0 Å². The number of aliphatic hydroxyl groups is 1. The summed E-state index contributed by atoms with van der Waals surface area (Å²) in [6.07, 6.45) is 2.58. The summed E-state index contributed by atoms with van der Waals surface area (Å²) in [4.78, 5) is 28.2. The number of anilines is 1. The summed E-state index contributed by atoms with van der Waals surface area (Å²) in [5.41, 5.74) is 3.97. The molecular formula is C29H27NO5. The zero-order valence-electron chi connectivity index (χ0n) is 19.8. The second-order valence-electron chi connectivity index (χ2n) is 8.74. The Morgan fingerprint density at radius 3 is 2.49 bits per heavy atom. The fourth-order valence-electron chi connectivity index (χ4n) is 4.76. The van der Waals surface area contributed by atoms with E-state index in [1.165, 1.54) is 4.90 Å². The zero-order valence-corrected chi connectivity index (χ0v) is 19.8. The van der Waals surface area contributed by atoms with Gasteiger partial charge in [0, 0.05) is 11.3 Å². The third-order valence-corrected chi connectivity index (χ3v) is 6.68. The monoisotopic (exact) mass is 469 g/mol. The average Bonchev–Trinajstić information content (AvgIpc) is 3.18. The highest BCUT2D eigenvalue weighted by Crippen LogP contribution is 2.43. The molecule has 0 aliphatic carbocycles. The first-order chi connectivity index (χ1) is 17.0. The highest BCUT2D eigenvalue weighted by atomic mass is 16.5. The van der Waals surface area contributed by atoms with Gasteiger partial charge >= 0.3 is 0 Å². The standard InChI is InChI=1S/C29H27NO5/c1-3-18-6-11-22(12-7-18)30-26(19-8-13-23(34-2)14-9-19)25(28(32)29(30)33)27(31)21-10-15-24-20(17-21)5-4-16-35-24/h6-15,17,26,31H,3-5,16H2,1-2H3/b27-25-. The molecule has 1 N–H and O–H groups in total. The Balaban J connectivity index is 1.66. The first-order valence-corrected chi connectivity index (χ1v) is 11.8. The van der Waals surface area contributed by atoms with Gasteiger partial charge < -0.3 is 14.6 Å². The van der Waals surface area contributed by atoms with Crippen molar-refractivity contribution >= 4 is 23.1 Å². The summed E-state index contributed by atoms with van der Waals surface area (Å²) >= 11 is 0. The number of hydrogen-bond acceptors (Lipinski definition) is 5. The SMILES string of the molecule is CCc1ccc(N2C(=O)C(=O)/C(=C(\O)c3ccc4c(c3)CCCO4)C2c2ccc(OC)cc2)cc1. The first-order valence-electron chi connectivity index (χ1n) is 11.8. The van der Waals surface area contributed by atoms with Gasteiger partial charge in [-0.3, -0.25) is 14.5 Å². The van der Waals surface area contributed by atoms with E-state index in [1.807, 2.05) is 48.5 Å². The third kappa shape index (κ3) is 4.05. The van der Waals surface area contributed by atoms with Gasteiger partial charge in [0.05, 0.1) is 25.3 Å². The molecule has 0 saturated carbocycles. The van der Waals surface area contributed by atoms with Crippen LogP contribution < -0.4 is 14.4 Å². The van der Waals surface area contributed by atoms with Gasteiger partial charge in [0.25, 0.3) is 11.7 Å². The minimum atomic E-state index is -0.777. The number of methoxy groups -OCH3 is 1. The first kappa shape index (κ1) is 22.7. The van der Waals surface area contributed by atoms with E-state index in [2.05, 4.69) is 6.92 Å². The lowest BCUT2D eigenvalue weighted by atomic mass is 9.93. The number of Topliss-reactive ketones (excluding diaryl/α,β-unsaturated/α-hetero) is 1. The van der Waals surface area contributed by atoms with E-state index in [1.54, 1.807) is 25.3 Å². The predicted octanol–water partition coefficient (Wildman–Crippen LogP) is 5.21. The van der Waals surface area contributed by atoms with Crippen LogP contribution >= 0.6 is 0 Å². The van der Waals surface area contributed by atoms with Crippen LogP contribution in [0.3, 0.4) is 0 Å². The summed E-state index contributed by atoms with van der Waals surface area (Å²) < 4.78 is 11.0. The summed E-state index contributed by atoms with van der Waals surface area (Å²) in [7, 11) is 1.58. The number of carbonyl (C=O) groups is 2. The molecule has 2 aliphatic heterocycles. The van der Waals surface area contributed by atoms with Crippen LogP contribution in [0, 0.1) is 0 Å². The Morgan fingerprint density at radius 2 is 1.80 bits per heavy atom. The maximum atomic E-state index is 13.4.